The van der Waals surface area contributed by atoms with Crippen LogP contribution in [0.15, 0.2) is 12.3 Å². The fourth-order valence-electron chi connectivity index (χ4n) is 4.67. The van der Waals surface area contributed by atoms with Crippen LogP contribution >= 0.6 is 11.3 Å². The summed E-state index contributed by atoms with van der Waals surface area (Å²) in [6.45, 7) is 8.06. The Morgan fingerprint density at radius 3 is 2.63 bits per heavy atom. The zero-order chi connectivity index (χ0) is 21.5. The van der Waals surface area contributed by atoms with Gasteiger partial charge in [-0.1, -0.05) is 13.8 Å². The van der Waals surface area contributed by atoms with E-state index in [2.05, 4.69) is 34.1 Å². The molecule has 0 saturated heterocycles. The Bertz CT molecular complexity index is 1060. The minimum absolute atomic E-state index is 0.241. The van der Waals surface area contributed by atoms with E-state index in [1.165, 1.54) is 0 Å². The second kappa shape index (κ2) is 8.07. The van der Waals surface area contributed by atoms with Gasteiger partial charge in [-0.05, 0) is 57.9 Å². The first kappa shape index (κ1) is 20.9. The van der Waals surface area contributed by atoms with Crippen molar-refractivity contribution in [3.8, 4) is 10.6 Å². The first-order valence-electron chi connectivity index (χ1n) is 10.7. The number of nitrogen functional groups attached to an aromatic ring is 1. The first-order valence-corrected chi connectivity index (χ1v) is 11.5. The number of pyridine rings is 1. The molecule has 4 rings (SSSR count). The van der Waals surface area contributed by atoms with Crippen LogP contribution in [0.2, 0.25) is 0 Å². The molecule has 0 bridgehead atoms. The molecule has 1 fully saturated rings. The van der Waals surface area contributed by atoms with Gasteiger partial charge in [-0.3, -0.25) is 4.98 Å². The van der Waals surface area contributed by atoms with E-state index in [0.29, 0.717) is 5.92 Å². The second-order valence-corrected chi connectivity index (χ2v) is 9.35. The lowest BCUT2D eigenvalue weighted by atomic mass is 9.81. The average Bonchev–Trinajstić information content (AvgIpc) is 3.35. The number of rotatable bonds is 6. The van der Waals surface area contributed by atoms with E-state index in [0.717, 1.165) is 70.1 Å². The summed E-state index contributed by atoms with van der Waals surface area (Å²) in [6.07, 6.45) is 6.31. The van der Waals surface area contributed by atoms with Crippen molar-refractivity contribution in [2.24, 2.45) is 5.92 Å². The number of aromatic nitrogens is 4. The van der Waals surface area contributed by atoms with Crippen molar-refractivity contribution in [1.82, 2.24) is 19.9 Å². The summed E-state index contributed by atoms with van der Waals surface area (Å²) < 4.78 is 1.09. The molecule has 0 spiro atoms. The molecular formula is C22H30N6OS. The molecule has 0 aromatic carbocycles. The quantitative estimate of drug-likeness (QED) is 0.533. The molecule has 30 heavy (non-hydrogen) atoms. The number of anilines is 2. The van der Waals surface area contributed by atoms with Gasteiger partial charge in [-0.25, -0.2) is 9.97 Å². The van der Waals surface area contributed by atoms with Crippen LogP contribution < -0.4 is 11.1 Å². The summed E-state index contributed by atoms with van der Waals surface area (Å²) in [7, 11) is 0. The summed E-state index contributed by atoms with van der Waals surface area (Å²) in [5.74, 6) is 1.28. The van der Waals surface area contributed by atoms with E-state index in [1.807, 2.05) is 26.1 Å². The average molecular weight is 427 g/mol. The van der Waals surface area contributed by atoms with Gasteiger partial charge in [0.25, 0.3) is 0 Å². The number of nitrogens with zero attached hydrogens (tertiary/aromatic N) is 4. The molecule has 160 valence electrons. The van der Waals surface area contributed by atoms with Crippen LogP contribution in [-0.2, 0) is 0 Å². The molecule has 7 nitrogen and oxygen atoms in total. The first-order chi connectivity index (χ1) is 14.3. The smallest absolute Gasteiger partial charge is 0.222 e. The number of hydrogen-bond donors (Lipinski definition) is 3. The molecule has 3 aromatic rings. The number of nitrogens with two attached hydrogens (primary N) is 1. The van der Waals surface area contributed by atoms with E-state index >= 15 is 0 Å². The molecule has 1 aliphatic rings. The molecule has 0 aliphatic heterocycles. The van der Waals surface area contributed by atoms with Crippen LogP contribution in [0.25, 0.3) is 20.8 Å². The number of nitrogens with one attached hydrogen (secondary N) is 1. The molecule has 3 aromatic heterocycles. The summed E-state index contributed by atoms with van der Waals surface area (Å²) in [5.41, 5.74) is 8.94. The molecule has 0 unspecified atom stereocenters. The fourth-order valence-corrected chi connectivity index (χ4v) is 5.78. The third-order valence-electron chi connectivity index (χ3n) is 6.57. The van der Waals surface area contributed by atoms with Crippen LogP contribution in [0.5, 0.6) is 0 Å². The van der Waals surface area contributed by atoms with Gasteiger partial charge in [0.1, 0.15) is 16.3 Å². The lowest BCUT2D eigenvalue weighted by molar-refractivity contribution is -0.0236. The Hall–Kier alpha value is -2.32. The number of thiazole rings is 1. The van der Waals surface area contributed by atoms with Crippen molar-refractivity contribution in [3.05, 3.63) is 23.7 Å². The van der Waals surface area contributed by atoms with Gasteiger partial charge in [-0.2, -0.15) is 4.98 Å². The van der Waals surface area contributed by atoms with Gasteiger partial charge in [0.2, 0.25) is 5.95 Å². The van der Waals surface area contributed by atoms with Gasteiger partial charge in [0.15, 0.2) is 0 Å². The Morgan fingerprint density at radius 1 is 1.17 bits per heavy atom. The van der Waals surface area contributed by atoms with Crippen LogP contribution in [0.3, 0.4) is 0 Å². The molecule has 1 saturated carbocycles. The number of fused-ring (bicyclic) bond motifs is 1. The standard InChI is InChI=1S/C22H30N6OS/c1-5-22(29,6-2)14-7-8-15(11-14)26-19-17(12(3)25-21(23)28-19)20-27-18-13(4)24-10-9-16(18)30-20/h9-10,14-15,29H,5-8,11H2,1-4H3,(H3,23,25,26,28)/t14-,15+/m1/s1. The highest BCUT2D eigenvalue weighted by Gasteiger charge is 2.39. The van der Waals surface area contributed by atoms with Gasteiger partial charge < -0.3 is 16.2 Å². The molecule has 2 atom stereocenters. The normalized spacial score (nSPS) is 19.5. The Labute approximate surface area is 181 Å². The van der Waals surface area contributed by atoms with E-state index in [1.54, 1.807) is 11.3 Å². The monoisotopic (exact) mass is 426 g/mol. The van der Waals surface area contributed by atoms with Gasteiger partial charge >= 0.3 is 0 Å². The largest absolute Gasteiger partial charge is 0.390 e. The maximum Gasteiger partial charge on any atom is 0.222 e. The van der Waals surface area contributed by atoms with Crippen LogP contribution in [-0.4, -0.2) is 36.7 Å². The van der Waals surface area contributed by atoms with Gasteiger partial charge in [0, 0.05) is 12.2 Å². The Kier molecular flexibility index (Phi) is 5.63. The predicted octanol–water partition coefficient (Wildman–Crippen LogP) is 4.48. The van der Waals surface area contributed by atoms with Crippen molar-refractivity contribution >= 4 is 33.3 Å². The molecular weight excluding hydrogens is 396 g/mol. The van der Waals surface area contributed by atoms with Crippen molar-refractivity contribution in [2.45, 2.75) is 71.4 Å². The molecule has 8 heteroatoms. The summed E-state index contributed by atoms with van der Waals surface area (Å²) in [6, 6.07) is 2.23. The van der Waals surface area contributed by atoms with E-state index in [-0.39, 0.29) is 12.0 Å². The maximum atomic E-state index is 11.0. The topological polar surface area (TPSA) is 110 Å². The highest BCUT2D eigenvalue weighted by molar-refractivity contribution is 7.21. The third kappa shape index (κ3) is 3.74. The summed E-state index contributed by atoms with van der Waals surface area (Å²) >= 11 is 1.62. The third-order valence-corrected chi connectivity index (χ3v) is 7.61. The van der Waals surface area contributed by atoms with Crippen molar-refractivity contribution in [1.29, 1.82) is 0 Å². The minimum Gasteiger partial charge on any atom is -0.390 e. The van der Waals surface area contributed by atoms with Gasteiger partial charge in [0.05, 0.1) is 27.3 Å². The molecule has 4 N–H and O–H groups in total. The Morgan fingerprint density at radius 2 is 1.93 bits per heavy atom. The van der Waals surface area contributed by atoms with Crippen molar-refractivity contribution in [2.75, 3.05) is 11.1 Å². The zero-order valence-corrected chi connectivity index (χ0v) is 18.9. The molecule has 1 aliphatic carbocycles. The molecule has 0 amide bonds. The fraction of sp³-hybridized carbons (Fsp3) is 0.545. The van der Waals surface area contributed by atoms with Crippen LogP contribution in [0.1, 0.15) is 57.3 Å². The van der Waals surface area contributed by atoms with Crippen molar-refractivity contribution in [3.63, 3.8) is 0 Å². The highest BCUT2D eigenvalue weighted by atomic mass is 32.1. The maximum absolute atomic E-state index is 11.0. The minimum atomic E-state index is -0.586. The number of aliphatic hydroxyl groups is 1. The number of aryl methyl sites for hydroxylation is 2. The molecule has 0 radical (unpaired) electrons. The zero-order valence-electron chi connectivity index (χ0n) is 18.1. The van der Waals surface area contributed by atoms with Gasteiger partial charge in [-0.15, -0.1) is 11.3 Å². The molecule has 3 heterocycles. The van der Waals surface area contributed by atoms with Crippen molar-refractivity contribution < 1.29 is 5.11 Å². The lowest BCUT2D eigenvalue weighted by Gasteiger charge is -2.32. The lowest BCUT2D eigenvalue weighted by Crippen LogP contribution is -2.36. The predicted molar refractivity (Wildman–Crippen MR) is 123 cm³/mol. The highest BCUT2D eigenvalue weighted by Crippen LogP contribution is 2.41. The van der Waals surface area contributed by atoms with Crippen LogP contribution in [0, 0.1) is 19.8 Å². The van der Waals surface area contributed by atoms with E-state index in [9.17, 15) is 5.11 Å². The Balaban J connectivity index is 1.67. The number of hydrogen-bond acceptors (Lipinski definition) is 8. The van der Waals surface area contributed by atoms with E-state index < -0.39 is 5.60 Å². The summed E-state index contributed by atoms with van der Waals surface area (Å²) in [5, 5.41) is 15.4. The second-order valence-electron chi connectivity index (χ2n) is 8.31. The van der Waals surface area contributed by atoms with Crippen LogP contribution in [0.4, 0.5) is 11.8 Å². The summed E-state index contributed by atoms with van der Waals surface area (Å²) in [4.78, 5) is 18.1. The van der Waals surface area contributed by atoms with E-state index in [4.69, 9.17) is 10.7 Å². The SMILES string of the molecule is CCC(O)(CC)[C@@H]1CC[C@H](Nc2nc(N)nc(C)c2-c2nc3c(C)nccc3s2)C1.